The summed E-state index contributed by atoms with van der Waals surface area (Å²) in [5, 5.41) is 7.92. The van der Waals surface area contributed by atoms with Crippen molar-refractivity contribution < 1.29 is 14.4 Å². The Balaban J connectivity index is 1.14. The number of amides is 3. The molecule has 3 amide bonds. The third-order valence-electron chi connectivity index (χ3n) is 9.35. The molecule has 7 aromatic rings. The van der Waals surface area contributed by atoms with E-state index in [9.17, 15) is 19.2 Å². The van der Waals surface area contributed by atoms with Gasteiger partial charge in [0.15, 0.2) is 0 Å². The van der Waals surface area contributed by atoms with Crippen molar-refractivity contribution in [2.24, 2.45) is 7.05 Å². The van der Waals surface area contributed by atoms with E-state index in [0.29, 0.717) is 27.5 Å². The zero-order valence-electron chi connectivity index (χ0n) is 31.3. The van der Waals surface area contributed by atoms with Crippen molar-refractivity contribution in [3.63, 3.8) is 0 Å². The molecule has 0 radical (unpaired) electrons. The summed E-state index contributed by atoms with van der Waals surface area (Å²) in [6.07, 6.45) is 1.64. The summed E-state index contributed by atoms with van der Waals surface area (Å²) < 4.78 is 3.24. The van der Waals surface area contributed by atoms with Gasteiger partial charge >= 0.3 is 0 Å². The first-order chi connectivity index (χ1) is 27.7. The Morgan fingerprint density at radius 3 is 1.93 bits per heavy atom. The maximum Gasteiger partial charge on any atom is 0.295 e. The Morgan fingerprint density at radius 1 is 0.667 bits per heavy atom. The molecule has 0 aliphatic carbocycles. The summed E-state index contributed by atoms with van der Waals surface area (Å²) in [5.41, 5.74) is 5.60. The van der Waals surface area contributed by atoms with Crippen molar-refractivity contribution in [3.05, 3.63) is 208 Å². The van der Waals surface area contributed by atoms with Crippen LogP contribution in [0.3, 0.4) is 0 Å². The molecule has 7 rings (SSSR count). The van der Waals surface area contributed by atoms with Crippen molar-refractivity contribution in [2.75, 3.05) is 10.6 Å². The van der Waals surface area contributed by atoms with Gasteiger partial charge in [-0.25, -0.2) is 4.68 Å². The monoisotopic (exact) mass is 769 g/mol. The molecule has 1 unspecified atom stereocenters. The largest absolute Gasteiger partial charge is 0.321 e. The fourth-order valence-electron chi connectivity index (χ4n) is 6.29. The van der Waals surface area contributed by atoms with Crippen LogP contribution in [0, 0.1) is 6.92 Å². The summed E-state index contributed by atoms with van der Waals surface area (Å²) in [7, 11) is 1.78. The van der Waals surface area contributed by atoms with Crippen molar-refractivity contribution in [2.45, 2.75) is 17.1 Å². The van der Waals surface area contributed by atoms with Crippen molar-refractivity contribution in [1.82, 2.24) is 14.7 Å². The Morgan fingerprint density at radius 2 is 1.26 bits per heavy atom. The van der Waals surface area contributed by atoms with Gasteiger partial charge in [-0.05, 0) is 77.7 Å². The molecule has 282 valence electrons. The summed E-state index contributed by atoms with van der Waals surface area (Å²) in [6.45, 7) is 1.79. The predicted molar refractivity (Wildman–Crippen MR) is 228 cm³/mol. The maximum atomic E-state index is 14.1. The van der Waals surface area contributed by atoms with Gasteiger partial charge in [0, 0.05) is 23.2 Å². The first kappa shape index (κ1) is 38.1. The van der Waals surface area contributed by atoms with Crippen molar-refractivity contribution >= 4 is 46.9 Å². The topological polar surface area (TPSA) is 114 Å². The number of nitrogens with zero attached hydrogens (tertiary/aromatic N) is 2. The lowest BCUT2D eigenvalue weighted by Crippen LogP contribution is -2.30. The number of benzene rings is 6. The third-order valence-corrected chi connectivity index (χ3v) is 10.6. The average molecular weight is 770 g/mol. The van der Waals surface area contributed by atoms with Crippen LogP contribution in [0.5, 0.6) is 0 Å². The highest BCUT2D eigenvalue weighted by molar-refractivity contribution is 8.00. The first-order valence-electron chi connectivity index (χ1n) is 18.3. The highest BCUT2D eigenvalue weighted by Crippen LogP contribution is 2.37. The Hall–Kier alpha value is -7.17. The van der Waals surface area contributed by atoms with Crippen LogP contribution >= 0.6 is 11.8 Å². The minimum atomic E-state index is -0.749. The van der Waals surface area contributed by atoms with Crippen LogP contribution in [0.15, 0.2) is 185 Å². The van der Waals surface area contributed by atoms with Crippen LogP contribution in [-0.4, -0.2) is 27.1 Å². The smallest absolute Gasteiger partial charge is 0.295 e. The van der Waals surface area contributed by atoms with Crippen LogP contribution in [0.2, 0.25) is 0 Å². The molecule has 0 aliphatic heterocycles. The summed E-state index contributed by atoms with van der Waals surface area (Å²) in [4.78, 5) is 55.7. The van der Waals surface area contributed by atoms with Gasteiger partial charge in [0.1, 0.15) is 16.6 Å². The molecular formula is C47H39N5O4S. The minimum absolute atomic E-state index is 0.0512. The number of anilines is 2. The van der Waals surface area contributed by atoms with E-state index < -0.39 is 17.1 Å². The lowest BCUT2D eigenvalue weighted by molar-refractivity contribution is -0.116. The Kier molecular flexibility index (Phi) is 11.7. The van der Waals surface area contributed by atoms with E-state index in [1.165, 1.54) is 16.4 Å². The molecule has 0 fully saturated rings. The van der Waals surface area contributed by atoms with E-state index in [1.807, 2.05) is 127 Å². The number of thioether (sulfide) groups is 1. The van der Waals surface area contributed by atoms with Crippen molar-refractivity contribution in [3.8, 4) is 16.8 Å². The standard InChI is InChI=1S/C47H39N5O4S/c1-32-42(47(56)52(51(32)2)39-23-13-6-14-24-39)50-46(55)43(36-18-9-4-10-19-36)57-40-25-15-22-38(31-40)48-45(54)41(49-44(53)37-20-11-5-12-21-37)30-33-26-28-35(29-27-33)34-16-7-3-8-17-34/h3-31,43H,1-2H3,(H,48,54)(H,49,53)(H,50,55)/b41-30+. The second-order valence-electron chi connectivity index (χ2n) is 13.2. The molecule has 9 nitrogen and oxygen atoms in total. The molecule has 10 heteroatoms. The van der Waals surface area contributed by atoms with Gasteiger partial charge in [-0.15, -0.1) is 11.8 Å². The molecule has 1 heterocycles. The number of para-hydroxylation sites is 1. The molecule has 57 heavy (non-hydrogen) atoms. The number of aromatic nitrogens is 2. The predicted octanol–water partition coefficient (Wildman–Crippen LogP) is 9.03. The van der Waals surface area contributed by atoms with E-state index in [-0.39, 0.29) is 22.9 Å². The molecule has 0 aliphatic rings. The first-order valence-corrected chi connectivity index (χ1v) is 19.1. The highest BCUT2D eigenvalue weighted by atomic mass is 32.2. The van der Waals surface area contributed by atoms with Gasteiger partial charge in [-0.3, -0.25) is 23.9 Å². The summed E-state index contributed by atoms with van der Waals surface area (Å²) in [6, 6.07) is 52.1. The Labute approximate surface area is 334 Å². The number of hydrogen-bond donors (Lipinski definition) is 3. The normalized spacial score (nSPS) is 11.7. The molecule has 3 N–H and O–H groups in total. The number of carbonyl (C=O) groups is 3. The molecular weight excluding hydrogens is 731 g/mol. The minimum Gasteiger partial charge on any atom is -0.321 e. The fourth-order valence-corrected chi connectivity index (χ4v) is 7.38. The molecule has 6 aromatic carbocycles. The highest BCUT2D eigenvalue weighted by Gasteiger charge is 2.26. The van der Waals surface area contributed by atoms with Crippen LogP contribution in [-0.2, 0) is 16.6 Å². The molecule has 0 saturated carbocycles. The maximum absolute atomic E-state index is 14.1. The van der Waals surface area contributed by atoms with E-state index >= 15 is 0 Å². The fraction of sp³-hybridized carbons (Fsp3) is 0.0638. The SMILES string of the molecule is Cc1c(NC(=O)C(Sc2cccc(NC(=O)/C(=C\c3ccc(-c4ccccc4)cc3)NC(=O)c3ccccc3)c2)c2ccccc2)c(=O)n(-c2ccccc2)n1C. The van der Waals surface area contributed by atoms with Gasteiger partial charge in [-0.1, -0.05) is 127 Å². The van der Waals surface area contributed by atoms with E-state index in [1.54, 1.807) is 67.2 Å². The second kappa shape index (κ2) is 17.5. The molecule has 1 atom stereocenters. The van der Waals surface area contributed by atoms with Gasteiger partial charge < -0.3 is 16.0 Å². The van der Waals surface area contributed by atoms with Gasteiger partial charge in [-0.2, -0.15) is 0 Å². The molecule has 0 bridgehead atoms. The molecule has 1 aromatic heterocycles. The van der Waals surface area contributed by atoms with Crippen LogP contribution in [0.25, 0.3) is 22.9 Å². The lowest BCUT2D eigenvalue weighted by atomic mass is 10.0. The summed E-state index contributed by atoms with van der Waals surface area (Å²) in [5.74, 6) is -1.33. The lowest BCUT2D eigenvalue weighted by Gasteiger charge is -2.17. The molecule has 0 saturated heterocycles. The zero-order valence-corrected chi connectivity index (χ0v) is 32.1. The van der Waals surface area contributed by atoms with Crippen molar-refractivity contribution in [1.29, 1.82) is 0 Å². The quantitative estimate of drug-likeness (QED) is 0.0848. The van der Waals surface area contributed by atoms with Gasteiger partial charge in [0.25, 0.3) is 17.4 Å². The number of nitrogens with one attached hydrogen (secondary N) is 3. The number of hydrogen-bond acceptors (Lipinski definition) is 5. The Bertz CT molecular complexity index is 2600. The van der Waals surface area contributed by atoms with E-state index in [4.69, 9.17) is 0 Å². The average Bonchev–Trinajstić information content (AvgIpc) is 3.46. The van der Waals surface area contributed by atoms with E-state index in [2.05, 4.69) is 16.0 Å². The van der Waals surface area contributed by atoms with Crippen LogP contribution in [0.1, 0.15) is 32.4 Å². The molecule has 0 spiro atoms. The second-order valence-corrected chi connectivity index (χ2v) is 14.4. The third kappa shape index (κ3) is 9.04. The summed E-state index contributed by atoms with van der Waals surface area (Å²) >= 11 is 1.28. The number of carbonyl (C=O) groups excluding carboxylic acids is 3. The zero-order chi connectivity index (χ0) is 39.7. The van der Waals surface area contributed by atoms with E-state index in [0.717, 1.165) is 22.3 Å². The van der Waals surface area contributed by atoms with Gasteiger partial charge in [0.2, 0.25) is 5.91 Å². The number of rotatable bonds is 12. The van der Waals surface area contributed by atoms with Gasteiger partial charge in [0.05, 0.1) is 11.4 Å². The van der Waals surface area contributed by atoms with Crippen LogP contribution in [0.4, 0.5) is 11.4 Å². The van der Waals surface area contributed by atoms with Crippen LogP contribution < -0.4 is 21.5 Å².